The molecule has 1 aliphatic carbocycles. The van der Waals surface area contributed by atoms with Crippen molar-refractivity contribution in [1.29, 1.82) is 0 Å². The Morgan fingerprint density at radius 1 is 0.676 bits per heavy atom. The monoisotopic (exact) mass is 536 g/mol. The number of hydrogen-bond donors (Lipinski definition) is 0. The van der Waals surface area contributed by atoms with Gasteiger partial charge in [0.1, 0.15) is 0 Å². The van der Waals surface area contributed by atoms with Crippen LogP contribution in [-0.2, 0) is 20.0 Å². The predicted octanol–water partition coefficient (Wildman–Crippen LogP) is 4.61. The summed E-state index contributed by atoms with van der Waals surface area (Å²) in [5, 5.41) is 0. The number of rotatable bonds is 6. The van der Waals surface area contributed by atoms with Crippen LogP contribution in [0.5, 0.6) is 0 Å². The van der Waals surface area contributed by atoms with Crippen molar-refractivity contribution in [3.05, 3.63) is 108 Å². The maximum absolute atomic E-state index is 14.0. The number of sulfonamides is 2. The molecule has 2 aromatic rings. The molecule has 0 N–H and O–H groups in total. The first-order chi connectivity index (χ1) is 17.6. The molecule has 2 heterocycles. The van der Waals surface area contributed by atoms with Crippen molar-refractivity contribution in [2.75, 3.05) is 13.1 Å². The molecule has 6 nitrogen and oxygen atoms in total. The first-order valence-electron chi connectivity index (χ1n) is 12.4. The van der Waals surface area contributed by atoms with Crippen molar-refractivity contribution in [3.63, 3.8) is 0 Å². The molecule has 0 saturated heterocycles. The largest absolute Gasteiger partial charge is 0.243 e. The summed E-state index contributed by atoms with van der Waals surface area (Å²) in [6.45, 7) is 11.9. The number of fused-ring (bicyclic) bond motifs is 3. The second kappa shape index (κ2) is 9.51. The Balaban J connectivity index is 1.65. The second-order valence-corrected chi connectivity index (χ2v) is 13.9. The van der Waals surface area contributed by atoms with Crippen molar-refractivity contribution >= 4 is 20.0 Å². The molecular weight excluding hydrogens is 504 g/mol. The predicted molar refractivity (Wildman–Crippen MR) is 146 cm³/mol. The first kappa shape index (κ1) is 25.9. The van der Waals surface area contributed by atoms with Gasteiger partial charge in [-0.1, -0.05) is 72.9 Å². The van der Waals surface area contributed by atoms with E-state index in [1.54, 1.807) is 60.7 Å². The van der Waals surface area contributed by atoms with E-state index in [1.807, 2.05) is 13.8 Å². The van der Waals surface area contributed by atoms with Crippen LogP contribution in [0.15, 0.2) is 107 Å². The summed E-state index contributed by atoms with van der Waals surface area (Å²) in [5.74, 6) is -0.291. The number of aryl methyl sites for hydroxylation is 2. The minimum absolute atomic E-state index is 0.145. The quantitative estimate of drug-likeness (QED) is 0.540. The molecule has 5 rings (SSSR count). The molecule has 0 amide bonds. The molecule has 0 aromatic heterocycles. The van der Waals surface area contributed by atoms with Crippen LogP contribution in [-0.4, -0.2) is 50.6 Å². The van der Waals surface area contributed by atoms with Crippen molar-refractivity contribution in [2.24, 2.45) is 11.8 Å². The zero-order valence-electron chi connectivity index (χ0n) is 21.1. The molecule has 1 saturated carbocycles. The van der Waals surface area contributed by atoms with E-state index in [1.165, 1.54) is 8.61 Å². The van der Waals surface area contributed by atoms with Gasteiger partial charge in [-0.05, 0) is 67.5 Å². The van der Waals surface area contributed by atoms with Crippen LogP contribution in [0.25, 0.3) is 0 Å². The molecule has 2 aromatic carbocycles. The van der Waals surface area contributed by atoms with E-state index in [0.29, 0.717) is 6.42 Å². The van der Waals surface area contributed by atoms with Gasteiger partial charge < -0.3 is 0 Å². The van der Waals surface area contributed by atoms with Crippen LogP contribution in [0.4, 0.5) is 0 Å². The van der Waals surface area contributed by atoms with E-state index in [9.17, 15) is 16.8 Å². The van der Waals surface area contributed by atoms with Gasteiger partial charge in [-0.15, -0.1) is 0 Å². The summed E-state index contributed by atoms with van der Waals surface area (Å²) in [5.41, 5.74) is 3.59. The van der Waals surface area contributed by atoms with Gasteiger partial charge in [0.15, 0.2) is 0 Å². The van der Waals surface area contributed by atoms with Crippen molar-refractivity contribution in [2.45, 2.75) is 42.1 Å². The molecule has 1 fully saturated rings. The van der Waals surface area contributed by atoms with Gasteiger partial charge in [0.05, 0.1) is 9.79 Å². The SMILES string of the molecule is C=CC1=C[C@@H]2C[C@@H]3C=C(C=C)CN(S(=O)(=O)c4ccc(C)cc4)[C@H]3[C@@H]2N(S(=O)(=O)c2ccc(C)cc2)C1. The van der Waals surface area contributed by atoms with Crippen molar-refractivity contribution in [3.8, 4) is 0 Å². The third-order valence-corrected chi connectivity index (χ3v) is 11.5. The Hall–Kier alpha value is -2.78. The Morgan fingerprint density at radius 3 is 1.35 bits per heavy atom. The third kappa shape index (κ3) is 4.46. The van der Waals surface area contributed by atoms with Crippen molar-refractivity contribution < 1.29 is 16.8 Å². The maximum atomic E-state index is 14.0. The molecule has 4 atom stereocenters. The Kier molecular flexibility index (Phi) is 6.64. The number of nitrogens with zero attached hydrogens (tertiary/aromatic N) is 2. The second-order valence-electron chi connectivity index (χ2n) is 10.2. The van der Waals surface area contributed by atoms with E-state index in [4.69, 9.17) is 0 Å². The highest BCUT2D eigenvalue weighted by molar-refractivity contribution is 7.89. The first-order valence-corrected chi connectivity index (χ1v) is 15.3. The molecule has 0 bridgehead atoms. The zero-order valence-corrected chi connectivity index (χ0v) is 22.8. The molecule has 0 unspecified atom stereocenters. The van der Waals surface area contributed by atoms with Gasteiger partial charge in [-0.25, -0.2) is 16.8 Å². The molecule has 194 valence electrons. The maximum Gasteiger partial charge on any atom is 0.243 e. The highest BCUT2D eigenvalue weighted by atomic mass is 32.2. The van der Waals surface area contributed by atoms with E-state index >= 15 is 0 Å². The Morgan fingerprint density at radius 2 is 1.03 bits per heavy atom. The fraction of sp³-hybridized carbons (Fsp3) is 0.310. The van der Waals surface area contributed by atoms with Crippen LogP contribution in [0.2, 0.25) is 0 Å². The average Bonchev–Trinajstić information content (AvgIpc) is 3.26. The van der Waals surface area contributed by atoms with Gasteiger partial charge in [0.25, 0.3) is 0 Å². The lowest BCUT2D eigenvalue weighted by Gasteiger charge is -2.44. The number of benzene rings is 2. The minimum atomic E-state index is -3.90. The molecule has 8 heteroatoms. The Labute approximate surface area is 220 Å². The molecule has 37 heavy (non-hydrogen) atoms. The van der Waals surface area contributed by atoms with Gasteiger partial charge in [-0.3, -0.25) is 0 Å². The van der Waals surface area contributed by atoms with E-state index in [0.717, 1.165) is 22.3 Å². The van der Waals surface area contributed by atoms with Crippen LogP contribution < -0.4 is 0 Å². The summed E-state index contributed by atoms with van der Waals surface area (Å²) in [6.07, 6.45) is 8.19. The molecular formula is C29H32N2O4S2. The van der Waals surface area contributed by atoms with Gasteiger partial charge in [0, 0.05) is 25.2 Å². The smallest absolute Gasteiger partial charge is 0.207 e. The van der Waals surface area contributed by atoms with Crippen molar-refractivity contribution in [1.82, 2.24) is 8.61 Å². The zero-order chi connectivity index (χ0) is 26.5. The molecule has 0 radical (unpaired) electrons. The molecule has 0 spiro atoms. The average molecular weight is 537 g/mol. The highest BCUT2D eigenvalue weighted by Gasteiger charge is 2.55. The summed E-state index contributed by atoms with van der Waals surface area (Å²) in [6, 6.07) is 12.5. The lowest BCUT2D eigenvalue weighted by atomic mass is 9.93. The fourth-order valence-corrected chi connectivity index (χ4v) is 9.22. The minimum Gasteiger partial charge on any atom is -0.207 e. The normalized spacial score (nSPS) is 26.5. The lowest BCUT2D eigenvalue weighted by molar-refractivity contribution is 0.185. The van der Waals surface area contributed by atoms with Crippen LogP contribution >= 0.6 is 0 Å². The van der Waals surface area contributed by atoms with Gasteiger partial charge >= 0.3 is 0 Å². The van der Waals surface area contributed by atoms with E-state index in [2.05, 4.69) is 25.3 Å². The summed E-state index contributed by atoms with van der Waals surface area (Å²) >= 11 is 0. The van der Waals surface area contributed by atoms with Crippen LogP contribution in [0.1, 0.15) is 17.5 Å². The summed E-state index contributed by atoms with van der Waals surface area (Å²) in [4.78, 5) is 0.411. The topological polar surface area (TPSA) is 74.8 Å². The Bertz CT molecular complexity index is 1390. The van der Waals surface area contributed by atoms with Crippen LogP contribution in [0.3, 0.4) is 0 Å². The third-order valence-electron chi connectivity index (χ3n) is 7.75. The van der Waals surface area contributed by atoms with Crippen LogP contribution in [0, 0.1) is 25.7 Å². The van der Waals surface area contributed by atoms with E-state index in [-0.39, 0.29) is 34.7 Å². The lowest BCUT2D eigenvalue weighted by Crippen LogP contribution is -2.58. The fourth-order valence-electron chi connectivity index (χ4n) is 5.87. The highest BCUT2D eigenvalue weighted by Crippen LogP contribution is 2.48. The summed E-state index contributed by atoms with van der Waals surface area (Å²) in [7, 11) is -7.80. The van der Waals surface area contributed by atoms with E-state index < -0.39 is 32.1 Å². The summed E-state index contributed by atoms with van der Waals surface area (Å²) < 4.78 is 59.1. The van der Waals surface area contributed by atoms with Gasteiger partial charge in [0.2, 0.25) is 20.0 Å². The van der Waals surface area contributed by atoms with Gasteiger partial charge in [-0.2, -0.15) is 8.61 Å². The molecule has 3 aliphatic rings. The standard InChI is InChI=1S/C29H32N2O4S2/c1-5-22-15-24-17-25-16-23(6-2)19-31(37(34,35)27-13-9-21(4)10-14-27)29(25)28(24)30(18-22)36(32,33)26-11-7-20(3)8-12-26/h5-16,24-25,28-29H,1-2,17-19H2,3-4H3/t24-,25+,28-,29-/m1/s1. The number of hydrogen-bond acceptors (Lipinski definition) is 4. The molecule has 2 aliphatic heterocycles.